The molecule has 1 aromatic carbocycles. The third-order valence-corrected chi connectivity index (χ3v) is 2.57. The minimum Gasteiger partial charge on any atom is -0.478 e. The number of aromatic nitrogens is 2. The number of nitro groups is 1. The second-order valence-corrected chi connectivity index (χ2v) is 3.90. The average Bonchev–Trinajstić information content (AvgIpc) is 2.83. The number of carboxylic acid groups (broad SMARTS) is 1. The number of non-ortho nitro benzene ring substituents is 1. The van der Waals surface area contributed by atoms with Gasteiger partial charge in [-0.1, -0.05) is 0 Å². The molecule has 2 rings (SSSR count). The molecule has 21 heavy (non-hydrogen) atoms. The molecule has 0 aliphatic carbocycles. The Morgan fingerprint density at radius 2 is 1.86 bits per heavy atom. The van der Waals surface area contributed by atoms with E-state index in [1.54, 1.807) is 0 Å². The largest absolute Gasteiger partial charge is 0.478 e. The first kappa shape index (κ1) is 14.5. The van der Waals surface area contributed by atoms with E-state index in [4.69, 9.17) is 5.11 Å². The fraction of sp³-hybridized carbons (Fsp3) is 0.0909. The number of hydrogen-bond acceptors (Lipinski definition) is 4. The van der Waals surface area contributed by atoms with E-state index in [0.717, 1.165) is 24.3 Å². The summed E-state index contributed by atoms with van der Waals surface area (Å²) in [5.74, 6) is -1.77. The molecule has 0 amide bonds. The van der Waals surface area contributed by atoms with Crippen LogP contribution < -0.4 is 0 Å². The van der Waals surface area contributed by atoms with E-state index < -0.39 is 28.3 Å². The normalized spacial score (nSPS) is 11.4. The van der Waals surface area contributed by atoms with Crippen LogP contribution in [0.2, 0.25) is 0 Å². The Bertz CT molecular complexity index is 706. The molecule has 0 radical (unpaired) electrons. The molecule has 0 aliphatic heterocycles. The molecule has 1 heterocycles. The summed E-state index contributed by atoms with van der Waals surface area (Å²) in [7, 11) is 0. The van der Waals surface area contributed by atoms with Gasteiger partial charge in [-0.25, -0.2) is 9.48 Å². The van der Waals surface area contributed by atoms with Crippen LogP contribution in [0, 0.1) is 10.1 Å². The molecule has 0 bridgehead atoms. The molecule has 0 fully saturated rings. The minimum atomic E-state index is -4.94. The molecule has 0 atom stereocenters. The van der Waals surface area contributed by atoms with Crippen LogP contribution in [-0.2, 0) is 6.18 Å². The van der Waals surface area contributed by atoms with Crippen molar-refractivity contribution in [3.8, 4) is 5.69 Å². The van der Waals surface area contributed by atoms with E-state index in [9.17, 15) is 28.1 Å². The van der Waals surface area contributed by atoms with E-state index in [1.807, 2.05) is 0 Å². The Morgan fingerprint density at radius 1 is 1.29 bits per heavy atom. The van der Waals surface area contributed by atoms with E-state index in [1.165, 1.54) is 0 Å². The van der Waals surface area contributed by atoms with Gasteiger partial charge in [0.2, 0.25) is 0 Å². The Kier molecular flexibility index (Phi) is 3.37. The van der Waals surface area contributed by atoms with E-state index in [0.29, 0.717) is 10.9 Å². The van der Waals surface area contributed by atoms with Crippen LogP contribution in [0.4, 0.5) is 18.9 Å². The second-order valence-electron chi connectivity index (χ2n) is 3.90. The van der Waals surface area contributed by atoms with Gasteiger partial charge in [0.25, 0.3) is 5.69 Å². The van der Waals surface area contributed by atoms with Crippen LogP contribution in [0.25, 0.3) is 5.69 Å². The molecule has 110 valence electrons. The fourth-order valence-corrected chi connectivity index (χ4v) is 1.69. The highest BCUT2D eigenvalue weighted by atomic mass is 19.4. The second kappa shape index (κ2) is 4.89. The lowest BCUT2D eigenvalue weighted by molar-refractivity contribution is -0.384. The third-order valence-electron chi connectivity index (χ3n) is 2.57. The standard InChI is InChI=1S/C11H6F3N3O4/c12-11(13,14)9-8(10(18)19)5-15-16(9)6-1-3-7(4-2-6)17(20)21/h1-5H,(H,18,19). The van der Waals surface area contributed by atoms with Crippen molar-refractivity contribution in [2.75, 3.05) is 0 Å². The number of rotatable bonds is 3. The maximum atomic E-state index is 13.0. The van der Waals surface area contributed by atoms with Crippen LogP contribution in [0.5, 0.6) is 0 Å². The zero-order chi connectivity index (χ0) is 15.8. The minimum absolute atomic E-state index is 0.138. The summed E-state index contributed by atoms with van der Waals surface area (Å²) < 4.78 is 39.3. The molecular weight excluding hydrogens is 295 g/mol. The van der Waals surface area contributed by atoms with Gasteiger partial charge < -0.3 is 5.11 Å². The fourth-order valence-electron chi connectivity index (χ4n) is 1.69. The Morgan fingerprint density at radius 3 is 2.29 bits per heavy atom. The van der Waals surface area contributed by atoms with Gasteiger partial charge >= 0.3 is 12.1 Å². The lowest BCUT2D eigenvalue weighted by Gasteiger charge is -2.11. The van der Waals surface area contributed by atoms with Gasteiger partial charge in [0.05, 0.1) is 16.8 Å². The van der Waals surface area contributed by atoms with Crippen LogP contribution >= 0.6 is 0 Å². The molecule has 0 aliphatic rings. The number of carboxylic acids is 1. The van der Waals surface area contributed by atoms with Gasteiger partial charge in [-0.05, 0) is 12.1 Å². The number of aromatic carboxylic acids is 1. The van der Waals surface area contributed by atoms with Crippen LogP contribution in [0.3, 0.4) is 0 Å². The summed E-state index contributed by atoms with van der Waals surface area (Å²) >= 11 is 0. The van der Waals surface area contributed by atoms with Gasteiger partial charge in [-0.3, -0.25) is 10.1 Å². The predicted molar refractivity (Wildman–Crippen MR) is 62.2 cm³/mol. The lowest BCUT2D eigenvalue weighted by atomic mass is 10.2. The Labute approximate surface area is 114 Å². The molecule has 2 aromatic rings. The summed E-state index contributed by atoms with van der Waals surface area (Å²) in [5.41, 5.74) is -2.90. The highest BCUT2D eigenvalue weighted by Crippen LogP contribution is 2.33. The smallest absolute Gasteiger partial charge is 0.434 e. The van der Waals surface area contributed by atoms with E-state index in [2.05, 4.69) is 5.10 Å². The Hall–Kier alpha value is -2.91. The number of benzene rings is 1. The van der Waals surface area contributed by atoms with Crippen molar-refractivity contribution in [1.82, 2.24) is 9.78 Å². The van der Waals surface area contributed by atoms with Crippen molar-refractivity contribution < 1.29 is 28.0 Å². The summed E-state index contributed by atoms with van der Waals surface area (Å²) in [5, 5.41) is 22.7. The van der Waals surface area contributed by atoms with Gasteiger partial charge in [-0.15, -0.1) is 0 Å². The number of alkyl halides is 3. The monoisotopic (exact) mass is 301 g/mol. The molecule has 1 N–H and O–H groups in total. The molecule has 0 saturated heterocycles. The zero-order valence-corrected chi connectivity index (χ0v) is 10.0. The molecule has 1 aromatic heterocycles. The van der Waals surface area contributed by atoms with Crippen molar-refractivity contribution in [1.29, 1.82) is 0 Å². The molecule has 7 nitrogen and oxygen atoms in total. The maximum absolute atomic E-state index is 13.0. The highest BCUT2D eigenvalue weighted by molar-refractivity contribution is 5.89. The van der Waals surface area contributed by atoms with Crippen molar-refractivity contribution >= 4 is 11.7 Å². The maximum Gasteiger partial charge on any atom is 0.434 e. The number of carbonyl (C=O) groups is 1. The lowest BCUT2D eigenvalue weighted by Crippen LogP contribution is -2.17. The summed E-state index contributed by atoms with van der Waals surface area (Å²) in [6.07, 6.45) is -4.36. The average molecular weight is 301 g/mol. The highest BCUT2D eigenvalue weighted by Gasteiger charge is 2.40. The zero-order valence-electron chi connectivity index (χ0n) is 10.0. The first-order valence-electron chi connectivity index (χ1n) is 5.35. The quantitative estimate of drug-likeness (QED) is 0.693. The SMILES string of the molecule is O=C(O)c1cnn(-c2ccc([N+](=O)[O-])cc2)c1C(F)(F)F. The van der Waals surface area contributed by atoms with Crippen LogP contribution in [-0.4, -0.2) is 25.8 Å². The number of nitro benzene ring substituents is 1. The summed E-state index contributed by atoms with van der Waals surface area (Å²) in [6, 6.07) is 4.09. The topological polar surface area (TPSA) is 98.3 Å². The van der Waals surface area contributed by atoms with Crippen molar-refractivity contribution in [2.45, 2.75) is 6.18 Å². The Balaban J connectivity index is 2.59. The molecule has 0 unspecified atom stereocenters. The summed E-state index contributed by atoms with van der Waals surface area (Å²) in [6.45, 7) is 0. The molecular formula is C11H6F3N3O4. The molecule has 10 heteroatoms. The van der Waals surface area contributed by atoms with Gasteiger partial charge in [-0.2, -0.15) is 18.3 Å². The van der Waals surface area contributed by atoms with Crippen molar-refractivity contribution in [3.05, 3.63) is 51.8 Å². The van der Waals surface area contributed by atoms with Crippen LogP contribution in [0.15, 0.2) is 30.5 Å². The summed E-state index contributed by atoms with van der Waals surface area (Å²) in [4.78, 5) is 20.6. The van der Waals surface area contributed by atoms with Gasteiger partial charge in [0.15, 0.2) is 5.69 Å². The van der Waals surface area contributed by atoms with Gasteiger partial charge in [0, 0.05) is 12.1 Å². The number of nitrogens with zero attached hydrogens (tertiary/aromatic N) is 3. The van der Waals surface area contributed by atoms with E-state index >= 15 is 0 Å². The van der Waals surface area contributed by atoms with E-state index in [-0.39, 0.29) is 11.4 Å². The molecule has 0 saturated carbocycles. The number of halogens is 3. The van der Waals surface area contributed by atoms with Crippen molar-refractivity contribution in [2.24, 2.45) is 0 Å². The first-order valence-corrected chi connectivity index (χ1v) is 5.35. The first-order chi connectivity index (χ1) is 9.71. The van der Waals surface area contributed by atoms with Crippen LogP contribution in [0.1, 0.15) is 16.1 Å². The number of hydrogen-bond donors (Lipinski definition) is 1. The van der Waals surface area contributed by atoms with Gasteiger partial charge in [0.1, 0.15) is 5.56 Å². The van der Waals surface area contributed by atoms with Crippen molar-refractivity contribution in [3.63, 3.8) is 0 Å². The predicted octanol–water partition coefficient (Wildman–Crippen LogP) is 2.50. The third kappa shape index (κ3) is 2.68. The molecule has 0 spiro atoms.